The molecular formula is C26H23BF3N2. The summed E-state index contributed by atoms with van der Waals surface area (Å²) in [6, 6.07) is 25.3. The Morgan fingerprint density at radius 3 is 2.09 bits per heavy atom. The molecule has 0 fully saturated rings. The summed E-state index contributed by atoms with van der Waals surface area (Å²) >= 11 is 0. The first-order valence-corrected chi connectivity index (χ1v) is 10.2. The van der Waals surface area contributed by atoms with Gasteiger partial charge in [0.05, 0.1) is 11.9 Å². The van der Waals surface area contributed by atoms with Crippen LogP contribution < -0.4 is 5.46 Å². The molecular weight excluding hydrogens is 408 g/mol. The third-order valence-electron chi connectivity index (χ3n) is 4.68. The number of benzene rings is 3. The van der Waals surface area contributed by atoms with Crippen LogP contribution in [0.25, 0.3) is 6.08 Å². The fourth-order valence-corrected chi connectivity index (χ4v) is 2.94. The lowest BCUT2D eigenvalue weighted by atomic mass is 9.70. The highest BCUT2D eigenvalue weighted by molar-refractivity contribution is 6.59. The molecule has 0 unspecified atom stereocenters. The first kappa shape index (κ1) is 23.1. The largest absolute Gasteiger partial charge is 0.416 e. The normalized spacial score (nSPS) is 11.1. The van der Waals surface area contributed by atoms with E-state index in [0.29, 0.717) is 0 Å². The van der Waals surface area contributed by atoms with Crippen LogP contribution in [0.4, 0.5) is 13.2 Å². The summed E-state index contributed by atoms with van der Waals surface area (Å²) < 4.78 is 39.2. The van der Waals surface area contributed by atoms with Gasteiger partial charge in [0.25, 0.3) is 0 Å². The fraction of sp³-hybridized carbons (Fsp3) is 0.115. The lowest BCUT2D eigenvalue weighted by molar-refractivity contribution is -0.137. The second-order valence-electron chi connectivity index (χ2n) is 7.09. The molecule has 0 saturated carbocycles. The molecule has 0 saturated heterocycles. The SMILES string of the molecule is FC(F)(F)c1ccc([B]C=Cc2ccccc2)cc1.c1ccc(CCn2ccnc2)cc1. The van der Waals surface area contributed by atoms with E-state index in [4.69, 9.17) is 0 Å². The predicted molar refractivity (Wildman–Crippen MR) is 125 cm³/mol. The number of hydrogen-bond donors (Lipinski definition) is 0. The van der Waals surface area contributed by atoms with Crippen molar-refractivity contribution in [2.45, 2.75) is 19.1 Å². The highest BCUT2D eigenvalue weighted by Crippen LogP contribution is 2.28. The maximum atomic E-state index is 12.4. The second-order valence-corrected chi connectivity index (χ2v) is 7.09. The topological polar surface area (TPSA) is 17.8 Å². The molecule has 32 heavy (non-hydrogen) atoms. The third-order valence-corrected chi connectivity index (χ3v) is 4.68. The molecule has 4 rings (SSSR count). The first-order chi connectivity index (χ1) is 15.5. The van der Waals surface area contributed by atoms with Crippen molar-refractivity contribution in [1.29, 1.82) is 0 Å². The maximum Gasteiger partial charge on any atom is 0.416 e. The zero-order chi connectivity index (χ0) is 22.7. The van der Waals surface area contributed by atoms with Crippen molar-refractivity contribution < 1.29 is 13.2 Å². The molecule has 0 amide bonds. The van der Waals surface area contributed by atoms with E-state index in [-0.39, 0.29) is 0 Å². The van der Waals surface area contributed by atoms with Crippen LogP contribution in [0.5, 0.6) is 0 Å². The van der Waals surface area contributed by atoms with E-state index in [1.807, 2.05) is 67.2 Å². The number of halogens is 3. The lowest BCUT2D eigenvalue weighted by Crippen LogP contribution is -2.13. The average molecular weight is 431 g/mol. The fourth-order valence-electron chi connectivity index (χ4n) is 2.94. The minimum absolute atomic E-state index is 0.628. The molecule has 3 aromatic carbocycles. The van der Waals surface area contributed by atoms with Gasteiger partial charge in [-0.2, -0.15) is 13.2 Å². The van der Waals surface area contributed by atoms with Crippen molar-refractivity contribution in [1.82, 2.24) is 9.55 Å². The van der Waals surface area contributed by atoms with Gasteiger partial charge in [0.15, 0.2) is 7.28 Å². The molecule has 6 heteroatoms. The summed E-state index contributed by atoms with van der Waals surface area (Å²) in [6.45, 7) is 1.00. The second kappa shape index (κ2) is 11.7. The number of rotatable bonds is 6. The summed E-state index contributed by atoms with van der Waals surface area (Å²) in [5, 5.41) is 0. The molecule has 4 aromatic rings. The first-order valence-electron chi connectivity index (χ1n) is 10.2. The summed E-state index contributed by atoms with van der Waals surface area (Å²) in [4.78, 5) is 4.00. The van der Waals surface area contributed by atoms with Crippen molar-refractivity contribution in [3.8, 4) is 0 Å². The Balaban J connectivity index is 0.000000193. The van der Waals surface area contributed by atoms with E-state index < -0.39 is 11.7 Å². The van der Waals surface area contributed by atoms with Crippen LogP contribution in [0.2, 0.25) is 0 Å². The van der Waals surface area contributed by atoms with Crippen molar-refractivity contribution >= 4 is 18.8 Å². The number of aromatic nitrogens is 2. The summed E-state index contributed by atoms with van der Waals surface area (Å²) in [7, 11) is 1.77. The monoisotopic (exact) mass is 431 g/mol. The van der Waals surface area contributed by atoms with Crippen LogP contribution in [-0.4, -0.2) is 16.8 Å². The number of hydrogen-bond acceptors (Lipinski definition) is 1. The van der Waals surface area contributed by atoms with Crippen molar-refractivity contribution in [3.63, 3.8) is 0 Å². The van der Waals surface area contributed by atoms with Crippen LogP contribution in [-0.2, 0) is 19.1 Å². The Kier molecular flexibility index (Phi) is 8.49. The van der Waals surface area contributed by atoms with E-state index in [0.717, 1.165) is 36.1 Å². The molecule has 0 aliphatic heterocycles. The summed E-state index contributed by atoms with van der Waals surface area (Å²) in [6.07, 6.45) is 4.34. The van der Waals surface area contributed by atoms with E-state index >= 15 is 0 Å². The quantitative estimate of drug-likeness (QED) is 0.351. The zero-order valence-electron chi connectivity index (χ0n) is 17.5. The Morgan fingerprint density at radius 1 is 0.844 bits per heavy atom. The Bertz CT molecular complexity index is 1060. The Morgan fingerprint density at radius 2 is 1.50 bits per heavy atom. The van der Waals surface area contributed by atoms with E-state index in [9.17, 15) is 13.2 Å². The molecule has 0 aliphatic carbocycles. The molecule has 1 radical (unpaired) electrons. The van der Waals surface area contributed by atoms with Gasteiger partial charge < -0.3 is 4.57 Å². The minimum atomic E-state index is -4.28. The van der Waals surface area contributed by atoms with Crippen LogP contribution in [0.1, 0.15) is 16.7 Å². The Hall–Kier alpha value is -3.54. The predicted octanol–water partition coefficient (Wildman–Crippen LogP) is 5.83. The van der Waals surface area contributed by atoms with Gasteiger partial charge in [0.2, 0.25) is 0 Å². The van der Waals surface area contributed by atoms with Gasteiger partial charge in [-0.3, -0.25) is 0 Å². The van der Waals surface area contributed by atoms with Crippen LogP contribution in [0, 0.1) is 0 Å². The molecule has 1 heterocycles. The lowest BCUT2D eigenvalue weighted by Gasteiger charge is -2.06. The van der Waals surface area contributed by atoms with E-state index in [1.54, 1.807) is 7.28 Å². The van der Waals surface area contributed by atoms with Gasteiger partial charge >= 0.3 is 6.18 Å². The molecule has 0 atom stereocenters. The van der Waals surface area contributed by atoms with Crippen LogP contribution >= 0.6 is 0 Å². The van der Waals surface area contributed by atoms with E-state index in [2.05, 4.69) is 33.8 Å². The van der Waals surface area contributed by atoms with Gasteiger partial charge in [-0.05, 0) is 17.5 Å². The minimum Gasteiger partial charge on any atom is -0.337 e. The highest BCUT2D eigenvalue weighted by atomic mass is 19.4. The smallest absolute Gasteiger partial charge is 0.337 e. The standard InChI is InChI=1S/C15H11BF3.C11H12N2/c17-15(18,19)13-6-8-14(9-7-13)16-11-10-12-4-2-1-3-5-12;1-2-4-11(5-3-1)6-8-13-9-7-12-10-13/h1-11H;1-5,7,9-10H,6,8H2. The molecule has 0 spiro atoms. The summed E-state index contributed by atoms with van der Waals surface area (Å²) in [5.74, 6) is 1.82. The van der Waals surface area contributed by atoms with Gasteiger partial charge in [-0.1, -0.05) is 96.5 Å². The number of nitrogens with zero attached hydrogens (tertiary/aromatic N) is 2. The molecule has 0 aliphatic rings. The van der Waals surface area contributed by atoms with Crippen LogP contribution in [0.3, 0.4) is 0 Å². The summed E-state index contributed by atoms with van der Waals surface area (Å²) in [5.41, 5.74) is 2.53. The molecule has 0 bridgehead atoms. The third kappa shape index (κ3) is 7.95. The zero-order valence-corrected chi connectivity index (χ0v) is 17.5. The van der Waals surface area contributed by atoms with E-state index in [1.165, 1.54) is 17.7 Å². The van der Waals surface area contributed by atoms with Crippen LogP contribution in [0.15, 0.2) is 110 Å². The van der Waals surface area contributed by atoms with Gasteiger partial charge in [0.1, 0.15) is 0 Å². The number of imidazole rings is 1. The molecule has 0 N–H and O–H groups in total. The Labute approximate surface area is 187 Å². The van der Waals surface area contributed by atoms with Gasteiger partial charge in [0, 0.05) is 18.9 Å². The number of alkyl halides is 3. The van der Waals surface area contributed by atoms with Crippen molar-refractivity contribution in [2.75, 3.05) is 0 Å². The van der Waals surface area contributed by atoms with Crippen molar-refractivity contribution in [2.24, 2.45) is 0 Å². The van der Waals surface area contributed by atoms with Gasteiger partial charge in [-0.15, -0.1) is 5.98 Å². The molecule has 2 nitrogen and oxygen atoms in total. The number of aryl methyl sites for hydroxylation is 2. The highest BCUT2D eigenvalue weighted by Gasteiger charge is 2.29. The van der Waals surface area contributed by atoms with Crippen molar-refractivity contribution in [3.05, 3.63) is 126 Å². The van der Waals surface area contributed by atoms with Gasteiger partial charge in [-0.25, -0.2) is 4.98 Å². The maximum absolute atomic E-state index is 12.4. The molecule has 1 aromatic heterocycles. The molecule has 161 valence electrons. The average Bonchev–Trinajstić information content (AvgIpc) is 3.33.